The highest BCUT2D eigenvalue weighted by Crippen LogP contribution is 2.72. The molecule has 3 heterocycles. The third kappa shape index (κ3) is 3.11. The van der Waals surface area contributed by atoms with E-state index in [0.29, 0.717) is 41.4 Å². The second kappa shape index (κ2) is 8.18. The maximum Gasteiger partial charge on any atom is 0.314 e. The lowest BCUT2D eigenvalue weighted by Gasteiger charge is -2.65. The molecular weight excluding hydrogens is 428 g/mol. The van der Waals surface area contributed by atoms with E-state index >= 15 is 0 Å². The highest BCUT2D eigenvalue weighted by atomic mass is 16.7. The first-order valence-corrected chi connectivity index (χ1v) is 14.4. The number of ether oxygens (including phenoxy) is 2. The SMILES string of the molecule is CCC(C[C@H]1O[C@H]2OC(=O)[C@@H]1[C@H]1CC[C@H]3[C@@H]4CC[C@H]5C[C@@H](O)[C@@H](O)C[C@]5(C)[C@H]4CC[C@]213)C(C)C. The van der Waals surface area contributed by atoms with Crippen molar-refractivity contribution in [2.45, 2.75) is 117 Å². The van der Waals surface area contributed by atoms with Crippen LogP contribution in [0, 0.1) is 58.2 Å². The Labute approximate surface area is 205 Å². The van der Waals surface area contributed by atoms with E-state index in [4.69, 9.17) is 9.47 Å². The normalized spacial score (nSPS) is 54.6. The van der Waals surface area contributed by atoms with Crippen LogP contribution in [-0.2, 0) is 14.3 Å². The van der Waals surface area contributed by atoms with Gasteiger partial charge >= 0.3 is 5.97 Å². The zero-order valence-corrected chi connectivity index (χ0v) is 21.6. The third-order valence-electron chi connectivity index (χ3n) is 12.4. The van der Waals surface area contributed by atoms with Crippen LogP contribution in [0.3, 0.4) is 0 Å². The second-order valence-electron chi connectivity index (χ2n) is 13.7. The van der Waals surface area contributed by atoms with Crippen LogP contribution in [0.25, 0.3) is 0 Å². The highest BCUT2D eigenvalue weighted by Gasteiger charge is 2.72. The Bertz CT molecular complexity index is 812. The number of hydrogen-bond donors (Lipinski definition) is 2. The molecule has 2 bridgehead atoms. The van der Waals surface area contributed by atoms with Crippen molar-refractivity contribution >= 4 is 5.97 Å². The molecule has 0 aromatic heterocycles. The van der Waals surface area contributed by atoms with Crippen molar-refractivity contribution in [3.63, 3.8) is 0 Å². The first-order chi connectivity index (χ1) is 16.2. The molecular formula is C29H46O5. The molecule has 1 spiro atoms. The van der Waals surface area contributed by atoms with Crippen molar-refractivity contribution < 1.29 is 24.5 Å². The molecule has 7 rings (SSSR count). The Hall–Kier alpha value is -0.650. The van der Waals surface area contributed by atoms with Crippen molar-refractivity contribution in [2.24, 2.45) is 58.2 Å². The van der Waals surface area contributed by atoms with Gasteiger partial charge in [0.05, 0.1) is 24.2 Å². The van der Waals surface area contributed by atoms with Crippen molar-refractivity contribution in [3.8, 4) is 0 Å². The van der Waals surface area contributed by atoms with E-state index in [9.17, 15) is 15.0 Å². The number of hydrogen-bond acceptors (Lipinski definition) is 5. The number of rotatable bonds is 4. The summed E-state index contributed by atoms with van der Waals surface area (Å²) in [7, 11) is 0. The minimum absolute atomic E-state index is 0.00573. The van der Waals surface area contributed by atoms with Gasteiger partial charge in [0, 0.05) is 5.41 Å². The lowest BCUT2D eigenvalue weighted by atomic mass is 9.43. The number of fused-ring (bicyclic) bond motifs is 6. The van der Waals surface area contributed by atoms with Gasteiger partial charge in [0.15, 0.2) is 0 Å². The minimum Gasteiger partial charge on any atom is -0.435 e. The van der Waals surface area contributed by atoms with Crippen LogP contribution in [-0.4, -0.2) is 40.8 Å². The maximum absolute atomic E-state index is 13.2. The summed E-state index contributed by atoms with van der Waals surface area (Å²) < 4.78 is 12.8. The fourth-order valence-electron chi connectivity index (χ4n) is 10.7. The lowest BCUT2D eigenvalue weighted by molar-refractivity contribution is -0.339. The van der Waals surface area contributed by atoms with Crippen molar-refractivity contribution in [2.75, 3.05) is 0 Å². The van der Waals surface area contributed by atoms with Crippen LogP contribution in [0.4, 0.5) is 0 Å². The molecule has 4 aliphatic carbocycles. The fraction of sp³-hybridized carbons (Fsp3) is 0.966. The summed E-state index contributed by atoms with van der Waals surface area (Å²) in [5.74, 6) is 3.83. The quantitative estimate of drug-likeness (QED) is 0.565. The highest BCUT2D eigenvalue weighted by molar-refractivity contribution is 5.76. The van der Waals surface area contributed by atoms with Gasteiger partial charge in [0.25, 0.3) is 0 Å². The predicted octanol–water partition coefficient (Wildman–Crippen LogP) is 4.93. The molecule has 5 heteroatoms. The summed E-state index contributed by atoms with van der Waals surface area (Å²) in [6, 6.07) is 0. The maximum atomic E-state index is 13.2. The smallest absolute Gasteiger partial charge is 0.314 e. The van der Waals surface area contributed by atoms with Crippen LogP contribution in [0.15, 0.2) is 0 Å². The standard InChI is InChI=1S/C29H46O5/c1-5-16(15(2)3)12-24-25-21-9-8-20-18-7-6-17-13-22(30)23(31)14-28(17,4)19(18)10-11-29(20,21)27(33-24)34-26(25)32/h15-25,27,30-31H,5-14H2,1-4H3/t16?,17-,18+,19-,20-,21+,22+,23-,24+,25+,27-,28-,29+/m0/s1. The van der Waals surface area contributed by atoms with Gasteiger partial charge in [-0.05, 0) is 105 Å². The van der Waals surface area contributed by atoms with E-state index in [0.717, 1.165) is 51.4 Å². The van der Waals surface area contributed by atoms with Crippen LogP contribution in [0.1, 0.15) is 91.9 Å². The van der Waals surface area contributed by atoms with E-state index in [1.165, 1.54) is 12.8 Å². The largest absolute Gasteiger partial charge is 0.435 e. The topological polar surface area (TPSA) is 76.0 Å². The number of aliphatic hydroxyl groups is 2. The molecule has 192 valence electrons. The van der Waals surface area contributed by atoms with Gasteiger partial charge in [-0.2, -0.15) is 0 Å². The Morgan fingerprint density at radius 1 is 1.03 bits per heavy atom. The lowest BCUT2D eigenvalue weighted by Crippen LogP contribution is -2.67. The van der Waals surface area contributed by atoms with E-state index in [-0.39, 0.29) is 35.1 Å². The van der Waals surface area contributed by atoms with Crippen LogP contribution < -0.4 is 0 Å². The molecule has 2 N–H and O–H groups in total. The van der Waals surface area contributed by atoms with Crippen LogP contribution in [0.2, 0.25) is 0 Å². The van der Waals surface area contributed by atoms with E-state index in [1.54, 1.807) is 0 Å². The Balaban J connectivity index is 1.27. The molecule has 3 saturated heterocycles. The molecule has 7 fully saturated rings. The Kier molecular flexibility index (Phi) is 5.71. The summed E-state index contributed by atoms with van der Waals surface area (Å²) in [5, 5.41) is 20.9. The molecule has 34 heavy (non-hydrogen) atoms. The Morgan fingerprint density at radius 3 is 2.53 bits per heavy atom. The monoisotopic (exact) mass is 474 g/mol. The zero-order chi connectivity index (χ0) is 24.0. The number of carbonyl (C=O) groups excluding carboxylic acids is 1. The molecule has 0 aromatic carbocycles. The average Bonchev–Trinajstić information content (AvgIpc) is 3.20. The molecule has 13 atom stereocenters. The third-order valence-corrected chi connectivity index (χ3v) is 12.4. The minimum atomic E-state index is -0.588. The molecule has 1 unspecified atom stereocenters. The average molecular weight is 475 g/mol. The van der Waals surface area contributed by atoms with Gasteiger partial charge in [-0.25, -0.2) is 0 Å². The van der Waals surface area contributed by atoms with Crippen LogP contribution in [0.5, 0.6) is 0 Å². The fourth-order valence-corrected chi connectivity index (χ4v) is 10.7. The van der Waals surface area contributed by atoms with E-state index in [2.05, 4.69) is 27.7 Å². The van der Waals surface area contributed by atoms with Crippen molar-refractivity contribution in [1.29, 1.82) is 0 Å². The second-order valence-corrected chi connectivity index (χ2v) is 13.7. The van der Waals surface area contributed by atoms with Gasteiger partial charge in [0.2, 0.25) is 6.29 Å². The summed E-state index contributed by atoms with van der Waals surface area (Å²) in [4.78, 5) is 13.2. The van der Waals surface area contributed by atoms with Gasteiger partial charge in [-0.15, -0.1) is 0 Å². The number of carbonyl (C=O) groups is 1. The van der Waals surface area contributed by atoms with Crippen molar-refractivity contribution in [1.82, 2.24) is 0 Å². The van der Waals surface area contributed by atoms with Gasteiger partial charge < -0.3 is 19.7 Å². The first-order valence-electron chi connectivity index (χ1n) is 14.4. The first kappa shape index (κ1) is 23.7. The molecule has 4 saturated carbocycles. The molecule has 0 amide bonds. The van der Waals surface area contributed by atoms with Gasteiger partial charge in [-0.3, -0.25) is 4.79 Å². The van der Waals surface area contributed by atoms with E-state index < -0.39 is 12.2 Å². The Morgan fingerprint density at radius 2 is 1.79 bits per heavy atom. The van der Waals surface area contributed by atoms with Gasteiger partial charge in [0.1, 0.15) is 0 Å². The molecule has 0 radical (unpaired) electrons. The molecule has 0 aromatic rings. The summed E-state index contributed by atoms with van der Waals surface area (Å²) in [6.07, 6.45) is 9.05. The summed E-state index contributed by atoms with van der Waals surface area (Å²) in [5.41, 5.74) is 0.117. The van der Waals surface area contributed by atoms with Gasteiger partial charge in [-0.1, -0.05) is 34.1 Å². The number of esters is 1. The summed E-state index contributed by atoms with van der Waals surface area (Å²) >= 11 is 0. The van der Waals surface area contributed by atoms with Crippen LogP contribution >= 0.6 is 0 Å². The van der Waals surface area contributed by atoms with E-state index in [1.807, 2.05) is 0 Å². The number of aliphatic hydroxyl groups excluding tert-OH is 2. The molecule has 5 nitrogen and oxygen atoms in total. The predicted molar refractivity (Wildman–Crippen MR) is 128 cm³/mol. The molecule has 7 aliphatic rings. The molecule has 3 aliphatic heterocycles. The summed E-state index contributed by atoms with van der Waals surface area (Å²) in [6.45, 7) is 9.25. The zero-order valence-electron chi connectivity index (χ0n) is 21.6. The van der Waals surface area contributed by atoms with Crippen molar-refractivity contribution in [3.05, 3.63) is 0 Å².